The van der Waals surface area contributed by atoms with Crippen molar-refractivity contribution >= 4 is 11.7 Å². The van der Waals surface area contributed by atoms with Crippen molar-refractivity contribution < 1.29 is 14.6 Å². The number of carbonyl (C=O) groups excluding carboxylic acids is 1. The molecule has 1 aromatic rings. The van der Waals surface area contributed by atoms with Gasteiger partial charge in [-0.1, -0.05) is 19.9 Å². The van der Waals surface area contributed by atoms with Gasteiger partial charge in [-0.3, -0.25) is 0 Å². The fourth-order valence-electron chi connectivity index (χ4n) is 1.71. The molecule has 0 aliphatic carbocycles. The number of hydrogen-bond acceptors (Lipinski definition) is 3. The molecule has 3 N–H and O–H groups in total. The molecule has 2 amide bonds. The largest absolute Gasteiger partial charge is 0.497 e. The number of aliphatic hydroxyl groups is 1. The number of benzene rings is 1. The topological polar surface area (TPSA) is 70.6 Å². The highest BCUT2D eigenvalue weighted by Crippen LogP contribution is 2.16. The van der Waals surface area contributed by atoms with Crippen LogP contribution in [0.15, 0.2) is 24.3 Å². The number of carbonyl (C=O) groups is 1. The summed E-state index contributed by atoms with van der Waals surface area (Å²) in [6.07, 6.45) is 0.149. The lowest BCUT2D eigenvalue weighted by atomic mass is 10.1. The molecule has 0 radical (unpaired) electrons. The van der Waals surface area contributed by atoms with Gasteiger partial charge in [0.2, 0.25) is 0 Å². The molecule has 0 bridgehead atoms. The lowest BCUT2D eigenvalue weighted by molar-refractivity contribution is 0.148. The molecule has 0 spiro atoms. The fourth-order valence-corrected chi connectivity index (χ4v) is 1.71. The molecule has 0 heterocycles. The smallest absolute Gasteiger partial charge is 0.319 e. The Labute approximate surface area is 114 Å². The molecule has 0 saturated heterocycles. The summed E-state index contributed by atoms with van der Waals surface area (Å²) in [6, 6.07) is 6.75. The van der Waals surface area contributed by atoms with Crippen molar-refractivity contribution in [1.82, 2.24) is 5.32 Å². The number of methoxy groups -OCH3 is 1. The van der Waals surface area contributed by atoms with E-state index in [-0.39, 0.29) is 12.6 Å². The molecule has 0 aliphatic rings. The Morgan fingerprint density at radius 3 is 2.79 bits per heavy atom. The van der Waals surface area contributed by atoms with Gasteiger partial charge in [-0.25, -0.2) is 4.79 Å². The third-order valence-electron chi connectivity index (χ3n) is 2.57. The molecule has 1 rings (SSSR count). The summed E-state index contributed by atoms with van der Waals surface area (Å²) in [4.78, 5) is 11.6. The minimum Gasteiger partial charge on any atom is -0.497 e. The van der Waals surface area contributed by atoms with E-state index >= 15 is 0 Å². The van der Waals surface area contributed by atoms with Crippen LogP contribution in [0.2, 0.25) is 0 Å². The van der Waals surface area contributed by atoms with Gasteiger partial charge in [0.05, 0.1) is 13.2 Å². The Morgan fingerprint density at radius 1 is 1.42 bits per heavy atom. The van der Waals surface area contributed by atoms with E-state index in [1.54, 1.807) is 31.4 Å². The number of urea groups is 1. The second kappa shape index (κ2) is 7.63. The van der Waals surface area contributed by atoms with Crippen LogP contribution < -0.4 is 15.4 Å². The number of rotatable bonds is 6. The maximum atomic E-state index is 11.6. The van der Waals surface area contributed by atoms with Crippen LogP contribution in [0.25, 0.3) is 0 Å². The van der Waals surface area contributed by atoms with E-state index in [1.807, 2.05) is 13.8 Å². The minimum absolute atomic E-state index is 0.244. The summed E-state index contributed by atoms with van der Waals surface area (Å²) in [6.45, 7) is 4.30. The highest BCUT2D eigenvalue weighted by molar-refractivity contribution is 5.89. The molecule has 0 aliphatic heterocycles. The molecule has 106 valence electrons. The van der Waals surface area contributed by atoms with Crippen molar-refractivity contribution in [3.8, 4) is 5.75 Å². The maximum absolute atomic E-state index is 11.6. The number of ether oxygens (including phenoxy) is 1. The lowest BCUT2D eigenvalue weighted by Gasteiger charge is -2.14. The standard InChI is InChI=1S/C14H22N2O3/c1-10(2)7-12(17)9-15-14(18)16-11-5-4-6-13(8-11)19-3/h4-6,8,10,12,17H,7,9H2,1-3H3,(H2,15,16,18)/t12-/m1/s1. The summed E-state index contributed by atoms with van der Waals surface area (Å²) < 4.78 is 5.07. The van der Waals surface area contributed by atoms with Crippen molar-refractivity contribution in [3.05, 3.63) is 24.3 Å². The molecule has 1 aromatic carbocycles. The van der Waals surface area contributed by atoms with Crippen LogP contribution in [0.3, 0.4) is 0 Å². The van der Waals surface area contributed by atoms with Gasteiger partial charge in [-0.15, -0.1) is 0 Å². The predicted molar refractivity (Wildman–Crippen MR) is 75.5 cm³/mol. The number of hydrogen-bond donors (Lipinski definition) is 3. The van der Waals surface area contributed by atoms with Crippen LogP contribution in [-0.4, -0.2) is 30.9 Å². The van der Waals surface area contributed by atoms with Crippen LogP contribution in [0, 0.1) is 5.92 Å². The number of amides is 2. The monoisotopic (exact) mass is 266 g/mol. The summed E-state index contributed by atoms with van der Waals surface area (Å²) in [5.74, 6) is 1.08. The molecule has 5 heteroatoms. The van der Waals surface area contributed by atoms with Gasteiger partial charge in [0.25, 0.3) is 0 Å². The normalized spacial score (nSPS) is 12.1. The Balaban J connectivity index is 2.38. The van der Waals surface area contributed by atoms with Gasteiger partial charge < -0.3 is 20.5 Å². The van der Waals surface area contributed by atoms with Gasteiger partial charge in [0.15, 0.2) is 0 Å². The van der Waals surface area contributed by atoms with Gasteiger partial charge >= 0.3 is 6.03 Å². The second-order valence-electron chi connectivity index (χ2n) is 4.85. The van der Waals surface area contributed by atoms with Crippen molar-refractivity contribution in [2.75, 3.05) is 19.0 Å². The summed E-state index contributed by atoms with van der Waals surface area (Å²) in [5, 5.41) is 15.0. The third kappa shape index (κ3) is 6.10. The van der Waals surface area contributed by atoms with E-state index in [1.165, 1.54) is 0 Å². The average molecular weight is 266 g/mol. The molecule has 0 fully saturated rings. The SMILES string of the molecule is COc1cccc(NC(=O)NC[C@H](O)CC(C)C)c1. The Morgan fingerprint density at radius 2 is 2.16 bits per heavy atom. The number of aliphatic hydroxyl groups excluding tert-OH is 1. The Hall–Kier alpha value is -1.75. The van der Waals surface area contributed by atoms with Crippen molar-refractivity contribution in [1.29, 1.82) is 0 Å². The van der Waals surface area contributed by atoms with Crippen molar-refractivity contribution in [2.45, 2.75) is 26.4 Å². The third-order valence-corrected chi connectivity index (χ3v) is 2.57. The van der Waals surface area contributed by atoms with Crippen LogP contribution >= 0.6 is 0 Å². The molecule has 1 atom stereocenters. The van der Waals surface area contributed by atoms with E-state index < -0.39 is 6.10 Å². The van der Waals surface area contributed by atoms with Crippen LogP contribution in [-0.2, 0) is 0 Å². The first-order valence-corrected chi connectivity index (χ1v) is 6.38. The molecule has 0 aromatic heterocycles. The number of anilines is 1. The maximum Gasteiger partial charge on any atom is 0.319 e. The molecule has 0 saturated carbocycles. The lowest BCUT2D eigenvalue weighted by Crippen LogP contribution is -2.35. The van der Waals surface area contributed by atoms with E-state index in [4.69, 9.17) is 4.74 Å². The molecule has 5 nitrogen and oxygen atoms in total. The van der Waals surface area contributed by atoms with E-state index in [2.05, 4.69) is 10.6 Å². The fraction of sp³-hybridized carbons (Fsp3) is 0.500. The zero-order valence-corrected chi connectivity index (χ0v) is 11.6. The van der Waals surface area contributed by atoms with E-state index in [9.17, 15) is 9.90 Å². The summed E-state index contributed by atoms with van der Waals surface area (Å²) in [5.41, 5.74) is 0.648. The van der Waals surface area contributed by atoms with Crippen molar-refractivity contribution in [2.24, 2.45) is 5.92 Å². The van der Waals surface area contributed by atoms with Crippen LogP contribution in [0.1, 0.15) is 20.3 Å². The highest BCUT2D eigenvalue weighted by atomic mass is 16.5. The average Bonchev–Trinajstić information content (AvgIpc) is 2.36. The minimum atomic E-state index is -0.518. The van der Waals surface area contributed by atoms with E-state index in [0.717, 1.165) is 0 Å². The van der Waals surface area contributed by atoms with E-state index in [0.29, 0.717) is 23.8 Å². The Kier molecular flexibility index (Phi) is 6.15. The quantitative estimate of drug-likeness (QED) is 0.739. The Bertz CT molecular complexity index is 407. The first-order chi connectivity index (χ1) is 9.01. The van der Waals surface area contributed by atoms with Crippen LogP contribution in [0.4, 0.5) is 10.5 Å². The zero-order chi connectivity index (χ0) is 14.3. The first kappa shape index (κ1) is 15.3. The zero-order valence-electron chi connectivity index (χ0n) is 11.6. The molecule has 19 heavy (non-hydrogen) atoms. The van der Waals surface area contributed by atoms with Gasteiger partial charge in [0.1, 0.15) is 5.75 Å². The van der Waals surface area contributed by atoms with Crippen molar-refractivity contribution in [3.63, 3.8) is 0 Å². The number of nitrogens with one attached hydrogen (secondary N) is 2. The summed E-state index contributed by atoms with van der Waals surface area (Å²) in [7, 11) is 1.57. The molecular weight excluding hydrogens is 244 g/mol. The second-order valence-corrected chi connectivity index (χ2v) is 4.85. The molecule has 0 unspecified atom stereocenters. The van der Waals surface area contributed by atoms with Gasteiger partial charge in [0, 0.05) is 18.3 Å². The molecular formula is C14H22N2O3. The van der Waals surface area contributed by atoms with Crippen LogP contribution in [0.5, 0.6) is 5.75 Å². The summed E-state index contributed by atoms with van der Waals surface area (Å²) >= 11 is 0. The predicted octanol–water partition coefficient (Wildman–Crippen LogP) is 2.22. The van der Waals surface area contributed by atoms with Gasteiger partial charge in [-0.2, -0.15) is 0 Å². The first-order valence-electron chi connectivity index (χ1n) is 6.38. The highest BCUT2D eigenvalue weighted by Gasteiger charge is 2.09. The van der Waals surface area contributed by atoms with Gasteiger partial charge in [-0.05, 0) is 24.5 Å².